The van der Waals surface area contributed by atoms with Crippen molar-refractivity contribution in [2.45, 2.75) is 32.3 Å². The van der Waals surface area contributed by atoms with Gasteiger partial charge in [0.25, 0.3) is 0 Å². The standard InChI is InChI=1S/C22H26N2O2/c1-15-8-9-20(16(2)10-15)23-21(25)24-13-17-11-22(26,12-18(17)14-24)19-6-4-3-5-7-19/h3-10,17-18,26H,11-14H2,1-2H3,(H,23,25)/t17-,18+,22-. The number of carbonyl (C=O) groups is 1. The van der Waals surface area contributed by atoms with Gasteiger partial charge >= 0.3 is 6.03 Å². The van der Waals surface area contributed by atoms with E-state index < -0.39 is 5.60 Å². The summed E-state index contributed by atoms with van der Waals surface area (Å²) in [5.74, 6) is 0.732. The summed E-state index contributed by atoms with van der Waals surface area (Å²) in [6.45, 7) is 5.50. The Hall–Kier alpha value is -2.33. The van der Waals surface area contributed by atoms with Gasteiger partial charge in [0.1, 0.15) is 0 Å². The summed E-state index contributed by atoms with van der Waals surface area (Å²) in [6, 6.07) is 16.0. The van der Waals surface area contributed by atoms with Gasteiger partial charge in [0.05, 0.1) is 5.60 Å². The Bertz CT molecular complexity index is 804. The van der Waals surface area contributed by atoms with Gasteiger partial charge in [0.15, 0.2) is 0 Å². The number of carbonyl (C=O) groups excluding carboxylic acids is 1. The Morgan fingerprint density at radius 2 is 1.73 bits per heavy atom. The minimum atomic E-state index is -0.743. The predicted molar refractivity (Wildman–Crippen MR) is 103 cm³/mol. The number of hydrogen-bond donors (Lipinski definition) is 2. The summed E-state index contributed by atoms with van der Waals surface area (Å²) in [7, 11) is 0. The zero-order valence-electron chi connectivity index (χ0n) is 15.4. The number of anilines is 1. The number of aliphatic hydroxyl groups is 1. The second kappa shape index (κ2) is 6.44. The number of rotatable bonds is 2. The van der Waals surface area contributed by atoms with E-state index in [9.17, 15) is 9.90 Å². The first-order chi connectivity index (χ1) is 12.4. The molecule has 2 amide bonds. The van der Waals surface area contributed by atoms with Gasteiger partial charge in [-0.3, -0.25) is 0 Å². The van der Waals surface area contributed by atoms with E-state index in [1.54, 1.807) is 0 Å². The summed E-state index contributed by atoms with van der Waals surface area (Å²) in [5.41, 5.74) is 3.40. The van der Waals surface area contributed by atoms with Crippen molar-refractivity contribution < 1.29 is 9.90 Å². The van der Waals surface area contributed by atoms with Crippen molar-refractivity contribution in [1.29, 1.82) is 0 Å². The van der Waals surface area contributed by atoms with Crippen LogP contribution in [0.2, 0.25) is 0 Å². The average Bonchev–Trinajstić information content (AvgIpc) is 3.14. The number of hydrogen-bond acceptors (Lipinski definition) is 2. The van der Waals surface area contributed by atoms with E-state index in [-0.39, 0.29) is 6.03 Å². The Labute approximate surface area is 154 Å². The molecule has 2 N–H and O–H groups in total. The third-order valence-corrected chi connectivity index (χ3v) is 6.00. The maximum absolute atomic E-state index is 12.7. The summed E-state index contributed by atoms with van der Waals surface area (Å²) in [5, 5.41) is 14.1. The Morgan fingerprint density at radius 1 is 1.08 bits per heavy atom. The lowest BCUT2D eigenvalue weighted by atomic mass is 9.90. The molecule has 4 nitrogen and oxygen atoms in total. The van der Waals surface area contributed by atoms with Crippen molar-refractivity contribution in [3.8, 4) is 0 Å². The summed E-state index contributed by atoms with van der Waals surface area (Å²) < 4.78 is 0. The van der Waals surface area contributed by atoms with Crippen LogP contribution in [0.25, 0.3) is 0 Å². The quantitative estimate of drug-likeness (QED) is 0.858. The zero-order chi connectivity index (χ0) is 18.3. The second-order valence-electron chi connectivity index (χ2n) is 7.98. The fraction of sp³-hybridized carbons (Fsp3) is 0.409. The highest BCUT2D eigenvalue weighted by Crippen LogP contribution is 2.48. The van der Waals surface area contributed by atoms with E-state index in [1.807, 2.05) is 61.2 Å². The molecule has 0 unspecified atom stereocenters. The molecular formula is C22H26N2O2. The normalized spacial score (nSPS) is 27.4. The SMILES string of the molecule is Cc1ccc(NC(=O)N2C[C@@H]3C[C@@](O)(c4ccccc4)C[C@@H]3C2)c(C)c1. The van der Waals surface area contributed by atoms with E-state index >= 15 is 0 Å². The van der Waals surface area contributed by atoms with Crippen molar-refractivity contribution in [3.63, 3.8) is 0 Å². The maximum Gasteiger partial charge on any atom is 0.321 e. The van der Waals surface area contributed by atoms with E-state index in [2.05, 4.69) is 11.4 Å². The minimum Gasteiger partial charge on any atom is -0.385 e. The first-order valence-corrected chi connectivity index (χ1v) is 9.36. The van der Waals surface area contributed by atoms with Crippen LogP contribution >= 0.6 is 0 Å². The summed E-state index contributed by atoms with van der Waals surface area (Å²) in [6.07, 6.45) is 1.46. The van der Waals surface area contributed by atoms with Crippen molar-refractivity contribution in [3.05, 3.63) is 65.2 Å². The number of nitrogens with one attached hydrogen (secondary N) is 1. The maximum atomic E-state index is 12.7. The molecule has 0 aromatic heterocycles. The lowest BCUT2D eigenvalue weighted by Crippen LogP contribution is -2.35. The molecule has 4 rings (SSSR count). The van der Waals surface area contributed by atoms with Crippen LogP contribution in [-0.2, 0) is 5.60 Å². The van der Waals surface area contributed by atoms with Gasteiger partial charge in [-0.2, -0.15) is 0 Å². The highest BCUT2D eigenvalue weighted by molar-refractivity contribution is 5.90. The topological polar surface area (TPSA) is 52.6 Å². The van der Waals surface area contributed by atoms with E-state index in [1.165, 1.54) is 5.56 Å². The van der Waals surface area contributed by atoms with E-state index in [4.69, 9.17) is 0 Å². The van der Waals surface area contributed by atoms with Gasteiger partial charge in [-0.05, 0) is 55.7 Å². The molecule has 26 heavy (non-hydrogen) atoms. The largest absolute Gasteiger partial charge is 0.385 e. The first kappa shape index (κ1) is 17.1. The van der Waals surface area contributed by atoms with Crippen LogP contribution in [0.3, 0.4) is 0 Å². The molecule has 1 heterocycles. The van der Waals surface area contributed by atoms with Gasteiger partial charge in [-0.1, -0.05) is 48.0 Å². The van der Waals surface area contributed by atoms with Crippen LogP contribution in [-0.4, -0.2) is 29.1 Å². The molecule has 1 saturated carbocycles. The molecule has 1 aliphatic heterocycles. The third-order valence-electron chi connectivity index (χ3n) is 6.00. The predicted octanol–water partition coefficient (Wildman–Crippen LogP) is 4.06. The van der Waals surface area contributed by atoms with E-state index in [0.29, 0.717) is 11.8 Å². The molecule has 0 bridgehead atoms. The number of aryl methyl sites for hydroxylation is 2. The van der Waals surface area contributed by atoms with Crippen LogP contribution in [0.15, 0.2) is 48.5 Å². The van der Waals surface area contributed by atoms with Gasteiger partial charge in [-0.15, -0.1) is 0 Å². The van der Waals surface area contributed by atoms with Crippen molar-refractivity contribution in [2.75, 3.05) is 18.4 Å². The molecule has 4 heteroatoms. The van der Waals surface area contributed by atoms with Crippen LogP contribution in [0.4, 0.5) is 10.5 Å². The molecule has 1 saturated heterocycles. The zero-order valence-corrected chi connectivity index (χ0v) is 15.4. The summed E-state index contributed by atoms with van der Waals surface area (Å²) in [4.78, 5) is 14.6. The molecule has 0 radical (unpaired) electrons. The molecule has 1 aliphatic carbocycles. The number of fused-ring (bicyclic) bond motifs is 1. The van der Waals surface area contributed by atoms with Gasteiger partial charge < -0.3 is 15.3 Å². The third kappa shape index (κ3) is 3.10. The molecule has 136 valence electrons. The molecule has 2 aromatic carbocycles. The molecule has 3 atom stereocenters. The molecule has 2 aromatic rings. The molecule has 0 spiro atoms. The smallest absolute Gasteiger partial charge is 0.321 e. The molecule has 2 aliphatic rings. The fourth-order valence-corrected chi connectivity index (χ4v) is 4.65. The second-order valence-corrected chi connectivity index (χ2v) is 7.98. The number of likely N-dealkylation sites (tertiary alicyclic amines) is 1. The van der Waals surface area contributed by atoms with Crippen molar-refractivity contribution in [2.24, 2.45) is 11.8 Å². The Morgan fingerprint density at radius 3 is 2.35 bits per heavy atom. The first-order valence-electron chi connectivity index (χ1n) is 9.36. The highest BCUT2D eigenvalue weighted by Gasteiger charge is 2.49. The van der Waals surface area contributed by atoms with Crippen LogP contribution in [0, 0.1) is 25.7 Å². The van der Waals surface area contributed by atoms with Crippen molar-refractivity contribution >= 4 is 11.7 Å². The van der Waals surface area contributed by atoms with Crippen LogP contribution < -0.4 is 5.32 Å². The average molecular weight is 350 g/mol. The van der Waals surface area contributed by atoms with Crippen molar-refractivity contribution in [1.82, 2.24) is 4.90 Å². The fourth-order valence-electron chi connectivity index (χ4n) is 4.65. The minimum absolute atomic E-state index is 0.0328. The Balaban J connectivity index is 1.41. The Kier molecular flexibility index (Phi) is 4.23. The van der Waals surface area contributed by atoms with Gasteiger partial charge in [0.2, 0.25) is 0 Å². The molecule has 2 fully saturated rings. The van der Waals surface area contributed by atoms with Gasteiger partial charge in [0, 0.05) is 18.8 Å². The highest BCUT2D eigenvalue weighted by atomic mass is 16.3. The number of amides is 2. The van der Waals surface area contributed by atoms with Crippen LogP contribution in [0.5, 0.6) is 0 Å². The lowest BCUT2D eigenvalue weighted by molar-refractivity contribution is 0.0328. The van der Waals surface area contributed by atoms with Crippen LogP contribution in [0.1, 0.15) is 29.5 Å². The van der Waals surface area contributed by atoms with Gasteiger partial charge in [-0.25, -0.2) is 4.79 Å². The summed E-state index contributed by atoms with van der Waals surface area (Å²) >= 11 is 0. The number of nitrogens with zero attached hydrogens (tertiary/aromatic N) is 1. The lowest BCUT2D eigenvalue weighted by Gasteiger charge is -2.26. The molecular weight excluding hydrogens is 324 g/mol. The van der Waals surface area contributed by atoms with E-state index in [0.717, 1.165) is 42.7 Å². The number of benzene rings is 2. The number of urea groups is 1. The monoisotopic (exact) mass is 350 g/mol.